The summed E-state index contributed by atoms with van der Waals surface area (Å²) < 4.78 is 10.1. The van der Waals surface area contributed by atoms with Crippen molar-refractivity contribution in [2.75, 3.05) is 6.61 Å². The maximum atomic E-state index is 10.7. The van der Waals surface area contributed by atoms with Gasteiger partial charge in [-0.3, -0.25) is 0 Å². The second-order valence-electron chi connectivity index (χ2n) is 2.35. The van der Waals surface area contributed by atoms with Gasteiger partial charge in [0, 0.05) is 12.5 Å². The highest BCUT2D eigenvalue weighted by molar-refractivity contribution is 5.81. The van der Waals surface area contributed by atoms with E-state index >= 15 is 0 Å². The molecule has 0 radical (unpaired) electrons. The predicted octanol–water partition coefficient (Wildman–Crippen LogP) is 1.88. The van der Waals surface area contributed by atoms with Gasteiger partial charge >= 0.3 is 5.97 Å². The molecule has 0 saturated carbocycles. The largest absolute Gasteiger partial charge is 0.433 e. The maximum absolute atomic E-state index is 10.7. The molecular weight excluding hydrogens is 156 g/mol. The second kappa shape index (κ2) is 6.85. The zero-order chi connectivity index (χ0) is 9.40. The van der Waals surface area contributed by atoms with Crippen LogP contribution in [0.25, 0.3) is 0 Å². The molecule has 0 aliphatic carbocycles. The Labute approximate surface area is 73.4 Å². The maximum Gasteiger partial charge on any atom is 0.332 e. The monoisotopic (exact) mass is 172 g/mol. The number of rotatable bonds is 6. The summed E-state index contributed by atoms with van der Waals surface area (Å²) in [6, 6.07) is 0. The molecule has 1 unspecified atom stereocenters. The lowest BCUT2D eigenvalue weighted by atomic mass is 10.4. The highest BCUT2D eigenvalue weighted by Crippen LogP contribution is 2.01. The molecule has 0 bridgehead atoms. The van der Waals surface area contributed by atoms with Gasteiger partial charge in [-0.1, -0.05) is 20.4 Å². The summed E-state index contributed by atoms with van der Waals surface area (Å²) >= 11 is 0. The van der Waals surface area contributed by atoms with Gasteiger partial charge in [0.2, 0.25) is 6.29 Å². The molecule has 0 aromatic carbocycles. The molecule has 3 nitrogen and oxygen atoms in total. The molecule has 0 aliphatic heterocycles. The van der Waals surface area contributed by atoms with Crippen molar-refractivity contribution in [3.8, 4) is 0 Å². The standard InChI is InChI=1S/C9H16O3/c1-4-7-11-9(6-3)12-8(10)5-2/h5,9H,2,4,6-7H2,1,3H3. The molecule has 0 amide bonds. The van der Waals surface area contributed by atoms with Crippen molar-refractivity contribution >= 4 is 5.97 Å². The fourth-order valence-electron chi connectivity index (χ4n) is 0.662. The third-order valence-electron chi connectivity index (χ3n) is 1.26. The lowest BCUT2D eigenvalue weighted by Gasteiger charge is -2.14. The van der Waals surface area contributed by atoms with Gasteiger partial charge in [0.25, 0.3) is 0 Å². The van der Waals surface area contributed by atoms with Gasteiger partial charge in [-0.15, -0.1) is 0 Å². The summed E-state index contributed by atoms with van der Waals surface area (Å²) in [6.07, 6.45) is 2.30. The SMILES string of the molecule is C=CC(=O)OC(CC)OCCC. The third-order valence-corrected chi connectivity index (χ3v) is 1.26. The molecule has 12 heavy (non-hydrogen) atoms. The van der Waals surface area contributed by atoms with Crippen LogP contribution in [0.2, 0.25) is 0 Å². The molecule has 70 valence electrons. The van der Waals surface area contributed by atoms with Crippen molar-refractivity contribution in [1.29, 1.82) is 0 Å². The van der Waals surface area contributed by atoms with Crippen molar-refractivity contribution in [2.45, 2.75) is 33.0 Å². The van der Waals surface area contributed by atoms with E-state index in [2.05, 4.69) is 6.58 Å². The number of ether oxygens (including phenoxy) is 2. The Kier molecular flexibility index (Phi) is 6.38. The Hall–Kier alpha value is -0.830. The summed E-state index contributed by atoms with van der Waals surface area (Å²) in [5, 5.41) is 0. The number of carbonyl (C=O) groups excluding carboxylic acids is 1. The van der Waals surface area contributed by atoms with Crippen LogP contribution in [-0.4, -0.2) is 18.9 Å². The van der Waals surface area contributed by atoms with Crippen LogP contribution in [0.5, 0.6) is 0 Å². The molecule has 0 rings (SSSR count). The van der Waals surface area contributed by atoms with Crippen LogP contribution < -0.4 is 0 Å². The highest BCUT2D eigenvalue weighted by atomic mass is 16.7. The van der Waals surface area contributed by atoms with Crippen LogP contribution in [0, 0.1) is 0 Å². The van der Waals surface area contributed by atoms with E-state index in [4.69, 9.17) is 9.47 Å². The summed E-state index contributed by atoms with van der Waals surface area (Å²) in [6.45, 7) is 7.81. The lowest BCUT2D eigenvalue weighted by molar-refractivity contribution is -0.173. The predicted molar refractivity (Wildman–Crippen MR) is 46.6 cm³/mol. The van der Waals surface area contributed by atoms with E-state index < -0.39 is 12.3 Å². The van der Waals surface area contributed by atoms with Crippen LogP contribution >= 0.6 is 0 Å². The minimum Gasteiger partial charge on any atom is -0.433 e. The van der Waals surface area contributed by atoms with E-state index in [0.29, 0.717) is 13.0 Å². The average Bonchev–Trinajstić information content (AvgIpc) is 2.11. The van der Waals surface area contributed by atoms with Crippen LogP contribution in [0.1, 0.15) is 26.7 Å². The van der Waals surface area contributed by atoms with E-state index in [1.54, 1.807) is 0 Å². The van der Waals surface area contributed by atoms with E-state index in [1.165, 1.54) is 0 Å². The average molecular weight is 172 g/mol. The molecule has 0 N–H and O–H groups in total. The first kappa shape index (κ1) is 11.2. The fourth-order valence-corrected chi connectivity index (χ4v) is 0.662. The van der Waals surface area contributed by atoms with Crippen LogP contribution in [0.15, 0.2) is 12.7 Å². The van der Waals surface area contributed by atoms with Crippen LogP contribution in [0.4, 0.5) is 0 Å². The van der Waals surface area contributed by atoms with E-state index in [-0.39, 0.29) is 0 Å². The van der Waals surface area contributed by atoms with Crippen LogP contribution in [-0.2, 0) is 14.3 Å². The quantitative estimate of drug-likeness (QED) is 0.348. The molecule has 0 spiro atoms. The van der Waals surface area contributed by atoms with Gasteiger partial charge in [0.1, 0.15) is 0 Å². The van der Waals surface area contributed by atoms with Gasteiger partial charge < -0.3 is 9.47 Å². The van der Waals surface area contributed by atoms with E-state index in [0.717, 1.165) is 12.5 Å². The smallest absolute Gasteiger partial charge is 0.332 e. The Balaban J connectivity index is 3.66. The number of esters is 1. The molecule has 1 atom stereocenters. The molecule has 0 aliphatic rings. The number of carbonyl (C=O) groups is 1. The fraction of sp³-hybridized carbons (Fsp3) is 0.667. The van der Waals surface area contributed by atoms with Gasteiger partial charge in [0.05, 0.1) is 6.61 Å². The Morgan fingerprint density at radius 1 is 1.58 bits per heavy atom. The highest BCUT2D eigenvalue weighted by Gasteiger charge is 2.08. The first-order valence-electron chi connectivity index (χ1n) is 4.19. The van der Waals surface area contributed by atoms with Crippen molar-refractivity contribution in [3.05, 3.63) is 12.7 Å². The van der Waals surface area contributed by atoms with E-state index in [1.807, 2.05) is 13.8 Å². The zero-order valence-electron chi connectivity index (χ0n) is 7.71. The van der Waals surface area contributed by atoms with Crippen molar-refractivity contribution in [1.82, 2.24) is 0 Å². The third kappa shape index (κ3) is 4.91. The van der Waals surface area contributed by atoms with Crippen LogP contribution in [0.3, 0.4) is 0 Å². The minimum atomic E-state index is -0.432. The first-order valence-corrected chi connectivity index (χ1v) is 4.19. The van der Waals surface area contributed by atoms with E-state index in [9.17, 15) is 4.79 Å². The molecule has 0 saturated heterocycles. The van der Waals surface area contributed by atoms with Crippen molar-refractivity contribution in [2.24, 2.45) is 0 Å². The van der Waals surface area contributed by atoms with Crippen molar-refractivity contribution < 1.29 is 14.3 Å². The Morgan fingerprint density at radius 3 is 2.67 bits per heavy atom. The summed E-state index contributed by atoms with van der Waals surface area (Å²) in [4.78, 5) is 10.7. The first-order chi connectivity index (χ1) is 5.74. The van der Waals surface area contributed by atoms with Gasteiger partial charge in [-0.25, -0.2) is 4.79 Å². The van der Waals surface area contributed by atoms with Gasteiger partial charge in [-0.2, -0.15) is 0 Å². The Bertz CT molecular complexity index is 143. The molecule has 0 aromatic heterocycles. The van der Waals surface area contributed by atoms with Gasteiger partial charge in [0.15, 0.2) is 0 Å². The van der Waals surface area contributed by atoms with Crippen molar-refractivity contribution in [3.63, 3.8) is 0 Å². The van der Waals surface area contributed by atoms with Gasteiger partial charge in [-0.05, 0) is 6.42 Å². The molecule has 0 heterocycles. The summed E-state index contributed by atoms with van der Waals surface area (Å²) in [7, 11) is 0. The molecule has 0 aromatic rings. The topological polar surface area (TPSA) is 35.5 Å². The molecular formula is C9H16O3. The summed E-state index contributed by atoms with van der Waals surface area (Å²) in [5.41, 5.74) is 0. The molecule has 0 fully saturated rings. The zero-order valence-corrected chi connectivity index (χ0v) is 7.71. The number of hydrogen-bond donors (Lipinski definition) is 0. The normalized spacial score (nSPS) is 12.2. The Morgan fingerprint density at radius 2 is 2.25 bits per heavy atom. The summed E-state index contributed by atoms with van der Waals surface area (Å²) in [5.74, 6) is -0.432. The molecule has 3 heteroatoms. The lowest BCUT2D eigenvalue weighted by Crippen LogP contribution is -2.19. The second-order valence-corrected chi connectivity index (χ2v) is 2.35. The number of hydrogen-bond acceptors (Lipinski definition) is 3. The minimum absolute atomic E-state index is 0.421.